The summed E-state index contributed by atoms with van der Waals surface area (Å²) < 4.78 is 29.0. The highest BCUT2D eigenvalue weighted by Crippen LogP contribution is 2.29. The van der Waals surface area contributed by atoms with Crippen LogP contribution < -0.4 is 9.62 Å². The number of benzene rings is 3. The van der Waals surface area contributed by atoms with Crippen molar-refractivity contribution < 1.29 is 18.0 Å². The average Bonchev–Trinajstić information content (AvgIpc) is 2.91. The smallest absolute Gasteiger partial charge is 0.264 e. The maximum Gasteiger partial charge on any atom is 0.264 e. The van der Waals surface area contributed by atoms with E-state index in [2.05, 4.69) is 5.32 Å². The number of carbonyl (C=O) groups excluding carboxylic acids is 2. The van der Waals surface area contributed by atoms with E-state index >= 15 is 0 Å². The van der Waals surface area contributed by atoms with Crippen molar-refractivity contribution in [2.45, 2.75) is 64.6 Å². The number of amides is 2. The van der Waals surface area contributed by atoms with Crippen molar-refractivity contribution in [3.8, 4) is 0 Å². The van der Waals surface area contributed by atoms with E-state index in [1.54, 1.807) is 68.4 Å². The summed E-state index contributed by atoms with van der Waals surface area (Å²) in [7, 11) is -4.16. The summed E-state index contributed by atoms with van der Waals surface area (Å²) in [5.41, 5.74) is 2.56. The molecule has 0 aromatic heterocycles. The maximum atomic E-state index is 14.0. The van der Waals surface area contributed by atoms with Crippen molar-refractivity contribution in [3.63, 3.8) is 0 Å². The van der Waals surface area contributed by atoms with Crippen LogP contribution in [0.2, 0.25) is 10.0 Å². The molecule has 3 aromatic rings. The van der Waals surface area contributed by atoms with Gasteiger partial charge in [-0.15, -0.1) is 0 Å². The third kappa shape index (κ3) is 7.77. The van der Waals surface area contributed by atoms with Crippen LogP contribution in [0.4, 0.5) is 5.69 Å². The highest BCUT2D eigenvalue weighted by Gasteiger charge is 2.33. The minimum Gasteiger partial charge on any atom is -0.352 e. The Bertz CT molecular complexity index is 1440. The number of hydrogen-bond donors (Lipinski definition) is 1. The number of rotatable bonds is 11. The lowest BCUT2D eigenvalue weighted by Crippen LogP contribution is -2.52. The van der Waals surface area contributed by atoms with Gasteiger partial charge in [-0.25, -0.2) is 8.42 Å². The van der Waals surface area contributed by atoms with Crippen molar-refractivity contribution in [2.24, 2.45) is 0 Å². The second-order valence-electron chi connectivity index (χ2n) is 9.90. The van der Waals surface area contributed by atoms with Crippen molar-refractivity contribution in [1.29, 1.82) is 0 Å². The van der Waals surface area contributed by atoms with Crippen LogP contribution >= 0.6 is 23.2 Å². The predicted octanol–water partition coefficient (Wildman–Crippen LogP) is 6.14. The molecule has 0 fully saturated rings. The second kappa shape index (κ2) is 13.5. The van der Waals surface area contributed by atoms with E-state index in [-0.39, 0.29) is 23.4 Å². The Kier molecular flexibility index (Phi) is 10.6. The van der Waals surface area contributed by atoms with E-state index < -0.39 is 28.5 Å². The van der Waals surface area contributed by atoms with Gasteiger partial charge in [0.2, 0.25) is 11.8 Å². The Morgan fingerprint density at radius 1 is 0.900 bits per heavy atom. The van der Waals surface area contributed by atoms with Gasteiger partial charge in [0.15, 0.2) is 0 Å². The molecule has 0 unspecified atom stereocenters. The first-order valence-corrected chi connectivity index (χ1v) is 15.2. The molecule has 0 saturated heterocycles. The zero-order chi connectivity index (χ0) is 29.6. The Morgan fingerprint density at radius 3 is 2.08 bits per heavy atom. The third-order valence-corrected chi connectivity index (χ3v) is 9.01. The SMILES string of the molecule is CC[C@@H](C)NC(=O)[C@@H](C)N(Cc1ccc(Cl)cc1)C(=O)CN(c1ccc(Cl)cc1C)S(=O)(=O)c1ccc(C)cc1. The summed E-state index contributed by atoms with van der Waals surface area (Å²) in [4.78, 5) is 28.6. The maximum absolute atomic E-state index is 14.0. The first-order chi connectivity index (χ1) is 18.8. The van der Waals surface area contributed by atoms with E-state index in [1.165, 1.54) is 17.0 Å². The molecule has 2 atom stereocenters. The van der Waals surface area contributed by atoms with E-state index in [0.29, 0.717) is 21.3 Å². The van der Waals surface area contributed by atoms with Crippen LogP contribution in [0.25, 0.3) is 0 Å². The molecule has 214 valence electrons. The Labute approximate surface area is 247 Å². The van der Waals surface area contributed by atoms with Crippen molar-refractivity contribution in [2.75, 3.05) is 10.8 Å². The van der Waals surface area contributed by atoms with Crippen LogP contribution in [0.3, 0.4) is 0 Å². The summed E-state index contributed by atoms with van der Waals surface area (Å²) in [6, 6.07) is 17.2. The van der Waals surface area contributed by atoms with Gasteiger partial charge in [-0.1, -0.05) is 60.0 Å². The average molecular weight is 605 g/mol. The molecule has 3 rings (SSSR count). The van der Waals surface area contributed by atoms with Gasteiger partial charge in [0, 0.05) is 22.6 Å². The fourth-order valence-corrected chi connectivity index (χ4v) is 5.92. The van der Waals surface area contributed by atoms with Gasteiger partial charge in [0.25, 0.3) is 10.0 Å². The molecule has 1 N–H and O–H groups in total. The van der Waals surface area contributed by atoms with Gasteiger partial charge in [-0.05, 0) is 87.7 Å². The lowest BCUT2D eigenvalue weighted by molar-refractivity contribution is -0.139. The number of aryl methyl sites for hydroxylation is 2. The molecule has 0 aliphatic rings. The Balaban J connectivity index is 2.05. The van der Waals surface area contributed by atoms with Crippen molar-refractivity contribution in [1.82, 2.24) is 10.2 Å². The number of sulfonamides is 1. The molecule has 7 nitrogen and oxygen atoms in total. The third-order valence-electron chi connectivity index (χ3n) is 6.75. The molecule has 0 aliphatic carbocycles. The minimum atomic E-state index is -4.16. The molecule has 0 bridgehead atoms. The lowest BCUT2D eigenvalue weighted by atomic mass is 10.1. The molecule has 0 spiro atoms. The molecule has 0 aliphatic heterocycles. The molecular weight excluding hydrogens is 569 g/mol. The van der Waals surface area contributed by atoms with E-state index in [9.17, 15) is 18.0 Å². The van der Waals surface area contributed by atoms with Crippen LogP contribution in [0.15, 0.2) is 71.6 Å². The van der Waals surface area contributed by atoms with Gasteiger partial charge >= 0.3 is 0 Å². The van der Waals surface area contributed by atoms with Gasteiger partial charge in [-0.2, -0.15) is 0 Å². The van der Waals surface area contributed by atoms with E-state index in [1.807, 2.05) is 20.8 Å². The highest BCUT2D eigenvalue weighted by atomic mass is 35.5. The number of halogens is 2. The van der Waals surface area contributed by atoms with Gasteiger partial charge in [0.05, 0.1) is 10.6 Å². The molecular formula is C30H35Cl2N3O4S. The van der Waals surface area contributed by atoms with Crippen LogP contribution in [0, 0.1) is 13.8 Å². The van der Waals surface area contributed by atoms with Crippen LogP contribution in [0.1, 0.15) is 43.9 Å². The summed E-state index contributed by atoms with van der Waals surface area (Å²) in [5.74, 6) is -0.862. The minimum absolute atomic E-state index is 0.0482. The molecule has 3 aromatic carbocycles. The summed E-state index contributed by atoms with van der Waals surface area (Å²) in [6.07, 6.45) is 0.724. The predicted molar refractivity (Wildman–Crippen MR) is 161 cm³/mol. The largest absolute Gasteiger partial charge is 0.352 e. The second-order valence-corrected chi connectivity index (χ2v) is 12.6. The molecule has 0 radical (unpaired) electrons. The lowest BCUT2D eigenvalue weighted by Gasteiger charge is -2.33. The summed E-state index contributed by atoms with van der Waals surface area (Å²) in [5, 5.41) is 3.90. The summed E-state index contributed by atoms with van der Waals surface area (Å²) >= 11 is 12.2. The number of nitrogens with zero attached hydrogens (tertiary/aromatic N) is 2. The van der Waals surface area contributed by atoms with Crippen LogP contribution in [0.5, 0.6) is 0 Å². The number of anilines is 1. The highest BCUT2D eigenvalue weighted by molar-refractivity contribution is 7.92. The quantitative estimate of drug-likeness (QED) is 0.285. The zero-order valence-electron chi connectivity index (χ0n) is 23.3. The molecule has 0 heterocycles. The fraction of sp³-hybridized carbons (Fsp3) is 0.333. The fourth-order valence-electron chi connectivity index (χ4n) is 4.08. The molecule has 40 heavy (non-hydrogen) atoms. The first kappa shape index (κ1) is 31.5. The number of nitrogens with one attached hydrogen (secondary N) is 1. The van der Waals surface area contributed by atoms with Crippen LogP contribution in [-0.2, 0) is 26.2 Å². The van der Waals surface area contributed by atoms with Gasteiger partial charge in [-0.3, -0.25) is 13.9 Å². The molecule has 2 amide bonds. The molecule has 10 heteroatoms. The number of hydrogen-bond acceptors (Lipinski definition) is 4. The van der Waals surface area contributed by atoms with Crippen LogP contribution in [-0.4, -0.2) is 43.8 Å². The van der Waals surface area contributed by atoms with E-state index in [4.69, 9.17) is 23.2 Å². The zero-order valence-corrected chi connectivity index (χ0v) is 25.6. The van der Waals surface area contributed by atoms with E-state index in [0.717, 1.165) is 21.9 Å². The summed E-state index contributed by atoms with van der Waals surface area (Å²) in [6.45, 7) is 8.64. The number of carbonyl (C=O) groups is 2. The van der Waals surface area contributed by atoms with Crippen molar-refractivity contribution in [3.05, 3.63) is 93.5 Å². The first-order valence-electron chi connectivity index (χ1n) is 13.0. The Hall–Kier alpha value is -3.07. The van der Waals surface area contributed by atoms with Gasteiger partial charge in [0.1, 0.15) is 12.6 Å². The standard InChI is InChI=1S/C30H35Cl2N3O4S/c1-6-22(4)33-30(37)23(5)34(18-24-9-11-25(31)12-10-24)29(36)19-35(28-16-13-26(32)17-21(28)3)40(38,39)27-14-7-20(2)8-15-27/h7-17,22-23H,6,18-19H2,1-5H3,(H,33,37)/t22-,23-/m1/s1. The Morgan fingerprint density at radius 2 is 1.50 bits per heavy atom. The molecule has 0 saturated carbocycles. The monoisotopic (exact) mass is 603 g/mol. The topological polar surface area (TPSA) is 86.8 Å². The van der Waals surface area contributed by atoms with Gasteiger partial charge < -0.3 is 10.2 Å². The van der Waals surface area contributed by atoms with Crippen molar-refractivity contribution >= 4 is 50.7 Å². The normalized spacial score (nSPS) is 12.9.